The molecule has 3 heterocycles. The number of carbonyl (C=O) groups excluding carboxylic acids is 2. The molecule has 0 bridgehead atoms. The molecule has 0 aliphatic carbocycles. The van der Waals surface area contributed by atoms with Crippen molar-refractivity contribution in [3.63, 3.8) is 0 Å². The third-order valence-corrected chi connectivity index (χ3v) is 6.65. The van der Waals surface area contributed by atoms with E-state index in [4.69, 9.17) is 9.15 Å². The van der Waals surface area contributed by atoms with Crippen molar-refractivity contribution < 1.29 is 18.7 Å². The number of hydrogen-bond acceptors (Lipinski definition) is 6. The lowest BCUT2D eigenvalue weighted by Gasteiger charge is -2.12. The van der Waals surface area contributed by atoms with E-state index in [0.717, 1.165) is 10.9 Å². The topological polar surface area (TPSA) is 71.8 Å². The number of para-hydroxylation sites is 1. The van der Waals surface area contributed by atoms with Crippen LogP contribution in [0, 0.1) is 0 Å². The molecule has 1 aliphatic rings. The molecule has 0 atom stereocenters. The molecule has 8 heteroatoms. The van der Waals surface area contributed by atoms with Crippen molar-refractivity contribution in [3.05, 3.63) is 53.1 Å². The number of benzene rings is 1. The SMILES string of the molecule is O=C(NCCCN1CCOC1=O)c1oc2ccccc2c1CSc1cccs1. The number of nitrogens with zero attached hydrogens (tertiary/aromatic N) is 1. The summed E-state index contributed by atoms with van der Waals surface area (Å²) in [6.45, 7) is 2.09. The van der Waals surface area contributed by atoms with E-state index in [1.807, 2.05) is 35.7 Å². The Kier molecular flexibility index (Phi) is 5.87. The Morgan fingerprint density at radius 3 is 2.93 bits per heavy atom. The molecular formula is C20H20N2O4S2. The van der Waals surface area contributed by atoms with Gasteiger partial charge in [0.15, 0.2) is 5.76 Å². The summed E-state index contributed by atoms with van der Waals surface area (Å²) in [7, 11) is 0. The maximum absolute atomic E-state index is 12.7. The average molecular weight is 417 g/mol. The highest BCUT2D eigenvalue weighted by atomic mass is 32.2. The van der Waals surface area contributed by atoms with E-state index in [1.54, 1.807) is 28.0 Å². The smallest absolute Gasteiger partial charge is 0.409 e. The van der Waals surface area contributed by atoms with Crippen molar-refractivity contribution in [2.24, 2.45) is 0 Å². The molecule has 0 spiro atoms. The lowest BCUT2D eigenvalue weighted by atomic mass is 10.1. The van der Waals surface area contributed by atoms with E-state index in [-0.39, 0.29) is 12.0 Å². The molecule has 1 aliphatic heterocycles. The molecule has 1 saturated heterocycles. The third kappa shape index (κ3) is 4.18. The fraction of sp³-hybridized carbons (Fsp3) is 0.300. The van der Waals surface area contributed by atoms with Crippen LogP contribution in [-0.2, 0) is 10.5 Å². The molecular weight excluding hydrogens is 396 g/mol. The second-order valence-corrected chi connectivity index (χ2v) is 8.56. The first-order chi connectivity index (χ1) is 13.7. The second kappa shape index (κ2) is 8.70. The first kappa shape index (κ1) is 18.9. The molecule has 0 unspecified atom stereocenters. The van der Waals surface area contributed by atoms with Crippen LogP contribution >= 0.6 is 23.1 Å². The molecule has 6 nitrogen and oxygen atoms in total. The Morgan fingerprint density at radius 1 is 1.25 bits per heavy atom. The number of hydrogen-bond donors (Lipinski definition) is 1. The maximum atomic E-state index is 12.7. The van der Waals surface area contributed by atoms with Crippen molar-refractivity contribution in [1.82, 2.24) is 10.2 Å². The lowest BCUT2D eigenvalue weighted by Crippen LogP contribution is -2.30. The predicted octanol–water partition coefficient (Wildman–Crippen LogP) is 4.36. The summed E-state index contributed by atoms with van der Waals surface area (Å²) in [6.07, 6.45) is 0.386. The highest BCUT2D eigenvalue weighted by molar-refractivity contribution is 8.00. The number of furan rings is 1. The fourth-order valence-corrected chi connectivity index (χ4v) is 4.91. The van der Waals surface area contributed by atoms with E-state index in [0.29, 0.717) is 49.8 Å². The summed E-state index contributed by atoms with van der Waals surface area (Å²) in [5, 5.41) is 5.92. The summed E-state index contributed by atoms with van der Waals surface area (Å²) in [5.74, 6) is 0.813. The number of thioether (sulfide) groups is 1. The van der Waals surface area contributed by atoms with Crippen LogP contribution in [0.2, 0.25) is 0 Å². The van der Waals surface area contributed by atoms with Crippen molar-refractivity contribution >= 4 is 46.1 Å². The Morgan fingerprint density at radius 2 is 2.14 bits per heavy atom. The molecule has 2 amide bonds. The normalized spacial score (nSPS) is 13.9. The first-order valence-electron chi connectivity index (χ1n) is 9.09. The van der Waals surface area contributed by atoms with Gasteiger partial charge in [-0.05, 0) is 23.9 Å². The minimum absolute atomic E-state index is 0.220. The molecule has 146 valence electrons. The van der Waals surface area contributed by atoms with Gasteiger partial charge in [0.25, 0.3) is 5.91 Å². The van der Waals surface area contributed by atoms with Gasteiger partial charge in [-0.1, -0.05) is 24.3 Å². The van der Waals surface area contributed by atoms with Crippen LogP contribution in [0.1, 0.15) is 22.5 Å². The number of thiophene rings is 1. The Bertz CT molecular complexity index is 968. The molecule has 0 radical (unpaired) electrons. The molecule has 4 rings (SSSR count). The minimum atomic E-state index is -0.281. The first-order valence-corrected chi connectivity index (χ1v) is 11.0. The number of nitrogens with one attached hydrogen (secondary N) is 1. The summed E-state index contributed by atoms with van der Waals surface area (Å²) in [6, 6.07) is 11.8. The van der Waals surface area contributed by atoms with Crippen LogP contribution in [-0.4, -0.2) is 43.1 Å². The average Bonchev–Trinajstić information content (AvgIpc) is 3.43. The van der Waals surface area contributed by atoms with Crippen LogP contribution in [0.5, 0.6) is 0 Å². The molecule has 3 aromatic rings. The lowest BCUT2D eigenvalue weighted by molar-refractivity contribution is 0.0926. The monoisotopic (exact) mass is 416 g/mol. The van der Waals surface area contributed by atoms with E-state index in [9.17, 15) is 9.59 Å². The molecule has 1 fully saturated rings. The van der Waals surface area contributed by atoms with Crippen LogP contribution in [0.15, 0.2) is 50.4 Å². The zero-order valence-electron chi connectivity index (χ0n) is 15.2. The van der Waals surface area contributed by atoms with E-state index in [1.165, 1.54) is 4.21 Å². The van der Waals surface area contributed by atoms with Gasteiger partial charge in [0.1, 0.15) is 12.2 Å². The molecule has 28 heavy (non-hydrogen) atoms. The van der Waals surface area contributed by atoms with Gasteiger partial charge < -0.3 is 19.4 Å². The standard InChI is InChI=1S/C20H20N2O4S2/c23-19(21-8-4-9-22-10-11-25-20(22)24)18-15(13-28-17-7-3-12-27-17)14-5-1-2-6-16(14)26-18/h1-3,5-7,12H,4,8-11,13H2,(H,21,23). The fourth-order valence-electron chi connectivity index (χ4n) is 3.10. The van der Waals surface area contributed by atoms with E-state index < -0.39 is 0 Å². The van der Waals surface area contributed by atoms with Gasteiger partial charge in [0.05, 0.1) is 10.8 Å². The van der Waals surface area contributed by atoms with Crippen molar-refractivity contribution in [2.45, 2.75) is 16.4 Å². The molecule has 0 saturated carbocycles. The van der Waals surface area contributed by atoms with E-state index in [2.05, 4.69) is 11.4 Å². The zero-order valence-corrected chi connectivity index (χ0v) is 16.8. The summed E-state index contributed by atoms with van der Waals surface area (Å²) in [5.41, 5.74) is 1.63. The van der Waals surface area contributed by atoms with Gasteiger partial charge in [0, 0.05) is 29.8 Å². The Hall–Kier alpha value is -2.45. The van der Waals surface area contributed by atoms with Crippen LogP contribution in [0.25, 0.3) is 11.0 Å². The quantitative estimate of drug-likeness (QED) is 0.436. The zero-order chi connectivity index (χ0) is 19.3. The second-order valence-electron chi connectivity index (χ2n) is 6.34. The van der Waals surface area contributed by atoms with E-state index >= 15 is 0 Å². The summed E-state index contributed by atoms with van der Waals surface area (Å²) in [4.78, 5) is 25.8. The largest absolute Gasteiger partial charge is 0.451 e. The highest BCUT2D eigenvalue weighted by Gasteiger charge is 2.22. The van der Waals surface area contributed by atoms with Crippen LogP contribution in [0.3, 0.4) is 0 Å². The van der Waals surface area contributed by atoms with Gasteiger partial charge in [-0.15, -0.1) is 23.1 Å². The third-order valence-electron chi connectivity index (χ3n) is 4.49. The van der Waals surface area contributed by atoms with Gasteiger partial charge in [0.2, 0.25) is 0 Å². The summed E-state index contributed by atoms with van der Waals surface area (Å²) < 4.78 is 12.0. The number of fused-ring (bicyclic) bond motifs is 1. The number of cyclic esters (lactones) is 1. The number of carbonyl (C=O) groups is 2. The number of rotatable bonds is 8. The van der Waals surface area contributed by atoms with Gasteiger partial charge in [-0.25, -0.2) is 4.79 Å². The Balaban J connectivity index is 1.42. The number of amides is 2. The van der Waals surface area contributed by atoms with Gasteiger partial charge in [-0.3, -0.25) is 4.79 Å². The molecule has 2 aromatic heterocycles. The predicted molar refractivity (Wildman–Crippen MR) is 110 cm³/mol. The number of ether oxygens (including phenoxy) is 1. The van der Waals surface area contributed by atoms with Crippen molar-refractivity contribution in [3.8, 4) is 0 Å². The van der Waals surface area contributed by atoms with Crippen molar-refractivity contribution in [1.29, 1.82) is 0 Å². The molecule has 1 N–H and O–H groups in total. The molecule has 1 aromatic carbocycles. The maximum Gasteiger partial charge on any atom is 0.409 e. The van der Waals surface area contributed by atoms with Crippen LogP contribution < -0.4 is 5.32 Å². The summed E-state index contributed by atoms with van der Waals surface area (Å²) >= 11 is 3.38. The Labute approximate surface area is 170 Å². The van der Waals surface area contributed by atoms with Gasteiger partial charge in [-0.2, -0.15) is 0 Å². The van der Waals surface area contributed by atoms with Gasteiger partial charge >= 0.3 is 6.09 Å². The van der Waals surface area contributed by atoms with Crippen LogP contribution in [0.4, 0.5) is 4.79 Å². The minimum Gasteiger partial charge on any atom is -0.451 e. The highest BCUT2D eigenvalue weighted by Crippen LogP contribution is 2.33. The van der Waals surface area contributed by atoms with Crippen molar-refractivity contribution in [2.75, 3.05) is 26.2 Å².